The van der Waals surface area contributed by atoms with Crippen LogP contribution in [0.4, 0.5) is 0 Å². The van der Waals surface area contributed by atoms with Crippen molar-refractivity contribution in [2.45, 2.75) is 70.6 Å². The van der Waals surface area contributed by atoms with Crippen LogP contribution in [-0.4, -0.2) is 60.3 Å². The number of aliphatic hydroxyl groups is 1. The number of esters is 2. The largest absolute Gasteiger partial charge is 0.462 e. The quantitative estimate of drug-likeness (QED) is 0.317. The van der Waals surface area contributed by atoms with Gasteiger partial charge in [0, 0.05) is 16.6 Å². The Kier molecular flexibility index (Phi) is 4.80. The molecule has 1 saturated carbocycles. The Morgan fingerprint density at radius 2 is 1.90 bits per heavy atom. The highest BCUT2D eigenvalue weighted by Gasteiger charge is 2.85. The van der Waals surface area contributed by atoms with E-state index in [1.807, 2.05) is 19.9 Å². The molecular formula is C23H30O7. The van der Waals surface area contributed by atoms with Crippen LogP contribution in [0.15, 0.2) is 36.0 Å². The zero-order chi connectivity index (χ0) is 22.1. The first-order valence-corrected chi connectivity index (χ1v) is 10.3. The molecule has 4 aliphatic rings. The van der Waals surface area contributed by atoms with Gasteiger partial charge in [-0.1, -0.05) is 31.7 Å². The predicted molar refractivity (Wildman–Crippen MR) is 107 cm³/mol. The first-order valence-electron chi connectivity index (χ1n) is 10.3. The number of aliphatic hydroxyl groups excluding tert-OH is 1. The van der Waals surface area contributed by atoms with Gasteiger partial charge in [-0.05, 0) is 33.6 Å². The molecule has 2 aliphatic heterocycles. The summed E-state index contributed by atoms with van der Waals surface area (Å²) in [5, 5.41) is 11.2. The smallest absolute Gasteiger partial charge is 0.333 e. The van der Waals surface area contributed by atoms with Crippen LogP contribution in [0.5, 0.6) is 0 Å². The zero-order valence-electron chi connectivity index (χ0n) is 18.0. The van der Waals surface area contributed by atoms with Gasteiger partial charge in [0.15, 0.2) is 0 Å². The van der Waals surface area contributed by atoms with Gasteiger partial charge in [-0.15, -0.1) is 0 Å². The maximum Gasteiger partial charge on any atom is 0.333 e. The van der Waals surface area contributed by atoms with E-state index in [0.29, 0.717) is 18.6 Å². The Morgan fingerprint density at radius 1 is 1.27 bits per heavy atom. The van der Waals surface area contributed by atoms with E-state index in [9.17, 15) is 14.7 Å². The van der Waals surface area contributed by atoms with E-state index in [2.05, 4.69) is 13.2 Å². The van der Waals surface area contributed by atoms with Gasteiger partial charge in [0.25, 0.3) is 0 Å². The van der Waals surface area contributed by atoms with Crippen LogP contribution in [0, 0.1) is 10.8 Å². The molecule has 0 aromatic carbocycles. The van der Waals surface area contributed by atoms with Crippen molar-refractivity contribution in [3.05, 3.63) is 36.0 Å². The normalized spacial score (nSPS) is 43.4. The standard InChI is InChI=1S/C23H30O7/c1-12(2)19(25)27-10-22-8-7-14(5)9-15(22)29-18-16(24)17(30-20(26)13(3)4)21(22,6)23(18)11-28-23/h9,15-18,24H,1,3,7-8,10-11H2,2,4-6H3/t15-,16-,17-,18?,21-,22-,23?/m1/s1. The van der Waals surface area contributed by atoms with Gasteiger partial charge < -0.3 is 24.1 Å². The molecule has 2 heterocycles. The second-order valence-electron chi connectivity index (χ2n) is 9.48. The lowest BCUT2D eigenvalue weighted by atomic mass is 9.51. The molecule has 3 fully saturated rings. The summed E-state index contributed by atoms with van der Waals surface area (Å²) in [6.45, 7) is 14.9. The molecule has 164 valence electrons. The summed E-state index contributed by atoms with van der Waals surface area (Å²) in [5.41, 5.74) is -0.635. The Labute approximate surface area is 176 Å². The number of hydrogen-bond acceptors (Lipinski definition) is 7. The van der Waals surface area contributed by atoms with Crippen LogP contribution >= 0.6 is 0 Å². The number of hydrogen-bond donors (Lipinski definition) is 1. The van der Waals surface area contributed by atoms with Gasteiger partial charge >= 0.3 is 11.9 Å². The third kappa shape index (κ3) is 2.61. The number of carbonyl (C=O) groups is 2. The highest BCUT2D eigenvalue weighted by Crippen LogP contribution is 2.72. The van der Waals surface area contributed by atoms with Crippen LogP contribution in [0.2, 0.25) is 0 Å². The summed E-state index contributed by atoms with van der Waals surface area (Å²) in [7, 11) is 0. The molecular weight excluding hydrogens is 388 g/mol. The lowest BCUT2D eigenvalue weighted by Crippen LogP contribution is -2.66. The van der Waals surface area contributed by atoms with E-state index in [1.165, 1.54) is 5.57 Å². The van der Waals surface area contributed by atoms with Gasteiger partial charge in [-0.3, -0.25) is 0 Å². The van der Waals surface area contributed by atoms with E-state index >= 15 is 0 Å². The van der Waals surface area contributed by atoms with Gasteiger partial charge in [0.05, 0.1) is 18.1 Å². The molecule has 1 N–H and O–H groups in total. The summed E-state index contributed by atoms with van der Waals surface area (Å²) in [6.07, 6.45) is 0.473. The fraction of sp³-hybridized carbons (Fsp3) is 0.652. The number of epoxide rings is 1. The summed E-state index contributed by atoms with van der Waals surface area (Å²) in [4.78, 5) is 24.7. The van der Waals surface area contributed by atoms with Crippen molar-refractivity contribution < 1.29 is 33.6 Å². The van der Waals surface area contributed by atoms with Crippen LogP contribution in [0.1, 0.15) is 40.5 Å². The third-order valence-electron chi connectivity index (χ3n) is 7.65. The number of allylic oxidation sites excluding steroid dienone is 1. The van der Waals surface area contributed by atoms with Crippen molar-refractivity contribution in [2.75, 3.05) is 13.2 Å². The van der Waals surface area contributed by atoms with Crippen molar-refractivity contribution >= 4 is 11.9 Å². The number of rotatable bonds is 5. The second kappa shape index (κ2) is 6.77. The Balaban J connectivity index is 1.81. The summed E-state index contributed by atoms with van der Waals surface area (Å²) < 4.78 is 23.8. The van der Waals surface area contributed by atoms with E-state index < -0.39 is 52.8 Å². The third-order valence-corrected chi connectivity index (χ3v) is 7.65. The molecule has 0 aromatic rings. The SMILES string of the molecule is C=C(C)C(=O)OC[C@]12CCC(C)=C[C@H]1OC1[C@H](O)[C@@H](OC(=O)C(=C)C)[C@@]2(C)C12CO2. The van der Waals surface area contributed by atoms with Crippen molar-refractivity contribution in [2.24, 2.45) is 10.8 Å². The van der Waals surface area contributed by atoms with E-state index in [0.717, 1.165) is 6.42 Å². The minimum Gasteiger partial charge on any atom is -0.462 e. The Hall–Kier alpha value is -1.96. The lowest BCUT2D eigenvalue weighted by Gasteiger charge is -2.58. The fourth-order valence-electron chi connectivity index (χ4n) is 5.72. The zero-order valence-corrected chi connectivity index (χ0v) is 18.0. The molecule has 7 nitrogen and oxygen atoms in total. The molecule has 2 saturated heterocycles. The highest BCUT2D eigenvalue weighted by molar-refractivity contribution is 5.87. The second-order valence-corrected chi connectivity index (χ2v) is 9.48. The molecule has 0 radical (unpaired) electrons. The molecule has 7 heteroatoms. The predicted octanol–water partition coefficient (Wildman–Crippen LogP) is 2.24. The first kappa shape index (κ1) is 21.3. The summed E-state index contributed by atoms with van der Waals surface area (Å²) in [6, 6.07) is 0. The van der Waals surface area contributed by atoms with E-state index in [-0.39, 0.29) is 12.2 Å². The molecule has 2 bridgehead atoms. The van der Waals surface area contributed by atoms with Gasteiger partial charge in [0.2, 0.25) is 0 Å². The molecule has 0 amide bonds. The molecule has 0 aromatic heterocycles. The van der Waals surface area contributed by atoms with Gasteiger partial charge in [-0.25, -0.2) is 9.59 Å². The molecule has 2 aliphatic carbocycles. The molecule has 7 atom stereocenters. The van der Waals surface area contributed by atoms with Crippen LogP contribution in [0.3, 0.4) is 0 Å². The van der Waals surface area contributed by atoms with Crippen molar-refractivity contribution in [3.63, 3.8) is 0 Å². The average molecular weight is 418 g/mol. The van der Waals surface area contributed by atoms with E-state index in [1.54, 1.807) is 13.8 Å². The van der Waals surface area contributed by atoms with Crippen molar-refractivity contribution in [1.82, 2.24) is 0 Å². The van der Waals surface area contributed by atoms with Crippen molar-refractivity contribution in [1.29, 1.82) is 0 Å². The molecule has 30 heavy (non-hydrogen) atoms. The molecule has 4 rings (SSSR count). The monoisotopic (exact) mass is 418 g/mol. The topological polar surface area (TPSA) is 94.6 Å². The maximum atomic E-state index is 12.5. The van der Waals surface area contributed by atoms with Crippen LogP contribution < -0.4 is 0 Å². The number of ether oxygens (including phenoxy) is 4. The highest BCUT2D eigenvalue weighted by atomic mass is 16.7. The van der Waals surface area contributed by atoms with Crippen molar-refractivity contribution in [3.8, 4) is 0 Å². The Morgan fingerprint density at radius 3 is 2.47 bits per heavy atom. The number of carbonyl (C=O) groups excluding carboxylic acids is 2. The molecule has 1 spiro atoms. The Bertz CT molecular complexity index is 854. The molecule has 2 unspecified atom stereocenters. The number of fused-ring (bicyclic) bond motifs is 2. The minimum atomic E-state index is -1.06. The maximum absolute atomic E-state index is 12.5. The average Bonchev–Trinajstić information content (AvgIpc) is 3.47. The van der Waals surface area contributed by atoms with Gasteiger partial charge in [-0.2, -0.15) is 0 Å². The minimum absolute atomic E-state index is 0.0509. The lowest BCUT2D eigenvalue weighted by molar-refractivity contribution is -0.233. The van der Waals surface area contributed by atoms with Gasteiger partial charge in [0.1, 0.15) is 30.5 Å². The summed E-state index contributed by atoms with van der Waals surface area (Å²) in [5.74, 6) is -1.06. The van der Waals surface area contributed by atoms with Crippen LogP contribution in [0.25, 0.3) is 0 Å². The fourth-order valence-corrected chi connectivity index (χ4v) is 5.72. The first-order chi connectivity index (χ1) is 14.0. The van der Waals surface area contributed by atoms with E-state index in [4.69, 9.17) is 18.9 Å². The van der Waals surface area contributed by atoms with Crippen LogP contribution in [-0.2, 0) is 28.5 Å². The summed E-state index contributed by atoms with van der Waals surface area (Å²) >= 11 is 0.